The minimum atomic E-state index is -4.62. The summed E-state index contributed by atoms with van der Waals surface area (Å²) in [5, 5.41) is 8.89. The number of rotatable bonds is 41. The summed E-state index contributed by atoms with van der Waals surface area (Å²) in [5.41, 5.74) is 5.35. The quantitative estimate of drug-likeness (QED) is 0.0235. The summed E-state index contributed by atoms with van der Waals surface area (Å²) in [6.07, 6.45) is 48.4. The Kier molecular flexibility index (Phi) is 39.2. The van der Waals surface area contributed by atoms with E-state index < -0.39 is 45.1 Å². The number of allylic oxidation sites excluding steroid dienone is 10. The number of phosphoric ester groups is 1. The van der Waals surface area contributed by atoms with Crippen LogP contribution in [0.3, 0.4) is 0 Å². The first-order chi connectivity index (χ1) is 27.2. The average Bonchev–Trinajstić information content (AvgIpc) is 3.18. The predicted molar refractivity (Wildman–Crippen MR) is 231 cm³/mol. The summed E-state index contributed by atoms with van der Waals surface area (Å²) in [7, 11) is -4.62. The largest absolute Gasteiger partial charge is 0.480 e. The van der Waals surface area contributed by atoms with Gasteiger partial charge in [0.1, 0.15) is 12.1 Å². The van der Waals surface area contributed by atoms with Crippen LogP contribution in [-0.2, 0) is 32.7 Å². The summed E-state index contributed by atoms with van der Waals surface area (Å²) < 4.78 is 33.3. The van der Waals surface area contributed by atoms with Crippen molar-refractivity contribution in [1.82, 2.24) is 0 Å². The molecule has 0 spiro atoms. The van der Waals surface area contributed by atoms with Gasteiger partial charge in [-0.3, -0.25) is 18.6 Å². The highest BCUT2D eigenvalue weighted by Gasteiger charge is 2.27. The van der Waals surface area contributed by atoms with Gasteiger partial charge in [-0.25, -0.2) is 4.57 Å². The van der Waals surface area contributed by atoms with Gasteiger partial charge in [0.05, 0.1) is 19.8 Å². The van der Waals surface area contributed by atoms with Crippen LogP contribution in [0.25, 0.3) is 0 Å². The predicted octanol–water partition coefficient (Wildman–Crippen LogP) is 12.0. The first-order valence-electron chi connectivity index (χ1n) is 21.8. The molecule has 0 heterocycles. The van der Waals surface area contributed by atoms with Crippen molar-refractivity contribution in [3.63, 3.8) is 0 Å². The smallest absolute Gasteiger partial charge is 0.472 e. The van der Waals surface area contributed by atoms with E-state index in [0.29, 0.717) is 13.0 Å². The van der Waals surface area contributed by atoms with Gasteiger partial charge in [-0.2, -0.15) is 0 Å². The number of ether oxygens (including phenoxy) is 2. The molecule has 0 rings (SSSR count). The minimum absolute atomic E-state index is 0.00390. The van der Waals surface area contributed by atoms with Crippen molar-refractivity contribution in [3.05, 3.63) is 60.8 Å². The Morgan fingerprint density at radius 2 is 1.04 bits per heavy atom. The first kappa shape index (κ1) is 53.7. The molecule has 0 saturated carbocycles. The van der Waals surface area contributed by atoms with E-state index in [1.54, 1.807) is 0 Å². The van der Waals surface area contributed by atoms with Crippen LogP contribution in [0, 0.1) is 0 Å². The number of carbonyl (C=O) groups is 2. The molecule has 0 aromatic heterocycles. The van der Waals surface area contributed by atoms with Crippen molar-refractivity contribution in [2.75, 3.05) is 26.4 Å². The number of carboxylic acids is 1. The highest BCUT2D eigenvalue weighted by atomic mass is 31.2. The molecule has 0 aliphatic carbocycles. The Hall–Kier alpha value is -2.33. The third kappa shape index (κ3) is 39.9. The Morgan fingerprint density at radius 3 is 1.57 bits per heavy atom. The molecule has 0 saturated heterocycles. The molecule has 11 heteroatoms. The number of aliphatic carboxylic acids is 1. The van der Waals surface area contributed by atoms with Crippen LogP contribution < -0.4 is 5.73 Å². The monoisotopic (exact) mass is 810 g/mol. The summed E-state index contributed by atoms with van der Waals surface area (Å²) in [5.74, 6) is -1.80. The number of phosphoric acid groups is 1. The second-order valence-electron chi connectivity index (χ2n) is 14.4. The number of carbonyl (C=O) groups excluding carboxylic acids is 1. The van der Waals surface area contributed by atoms with Gasteiger partial charge in [0.25, 0.3) is 0 Å². The molecule has 0 aromatic carbocycles. The fraction of sp³-hybridized carbons (Fsp3) is 0.733. The van der Waals surface area contributed by atoms with Gasteiger partial charge in [-0.05, 0) is 77.0 Å². The van der Waals surface area contributed by atoms with Gasteiger partial charge < -0.3 is 25.2 Å². The minimum Gasteiger partial charge on any atom is -0.480 e. The van der Waals surface area contributed by atoms with Crippen molar-refractivity contribution in [3.8, 4) is 0 Å². The molecule has 0 bridgehead atoms. The van der Waals surface area contributed by atoms with E-state index in [-0.39, 0.29) is 13.0 Å². The summed E-state index contributed by atoms with van der Waals surface area (Å²) in [6.45, 7) is 3.71. The molecule has 10 nitrogen and oxygen atoms in total. The number of esters is 1. The molecule has 0 aliphatic rings. The average molecular weight is 810 g/mol. The van der Waals surface area contributed by atoms with Gasteiger partial charge in [0.15, 0.2) is 0 Å². The van der Waals surface area contributed by atoms with E-state index in [9.17, 15) is 19.0 Å². The summed E-state index contributed by atoms with van der Waals surface area (Å²) in [6, 6.07) is -1.48. The van der Waals surface area contributed by atoms with Gasteiger partial charge >= 0.3 is 19.8 Å². The van der Waals surface area contributed by atoms with Gasteiger partial charge in [0.2, 0.25) is 0 Å². The number of unbranched alkanes of at least 4 members (excludes halogenated alkanes) is 17. The third-order valence-electron chi connectivity index (χ3n) is 9.03. The maximum atomic E-state index is 12.6. The molecular formula is C45H80NO9P. The van der Waals surface area contributed by atoms with Crippen LogP contribution in [0.1, 0.15) is 174 Å². The van der Waals surface area contributed by atoms with Crippen molar-refractivity contribution < 1.29 is 42.7 Å². The maximum absolute atomic E-state index is 12.6. The van der Waals surface area contributed by atoms with Gasteiger partial charge in [0, 0.05) is 13.0 Å². The van der Waals surface area contributed by atoms with Crippen molar-refractivity contribution in [2.24, 2.45) is 5.73 Å². The Balaban J connectivity index is 4.26. The lowest BCUT2D eigenvalue weighted by atomic mass is 10.1. The molecule has 0 radical (unpaired) electrons. The van der Waals surface area contributed by atoms with Crippen LogP contribution >= 0.6 is 7.82 Å². The fourth-order valence-corrected chi connectivity index (χ4v) is 6.43. The van der Waals surface area contributed by atoms with Crippen molar-refractivity contribution in [1.29, 1.82) is 0 Å². The molecule has 324 valence electrons. The van der Waals surface area contributed by atoms with E-state index in [4.69, 9.17) is 29.4 Å². The molecule has 3 atom stereocenters. The number of hydrogen-bond acceptors (Lipinski definition) is 8. The number of carboxylic acid groups (broad SMARTS) is 1. The fourth-order valence-electron chi connectivity index (χ4n) is 5.65. The lowest BCUT2D eigenvalue weighted by Crippen LogP contribution is -2.34. The van der Waals surface area contributed by atoms with Crippen molar-refractivity contribution >= 4 is 19.8 Å². The molecule has 56 heavy (non-hydrogen) atoms. The topological polar surface area (TPSA) is 155 Å². The Labute approximate surface area is 341 Å². The lowest BCUT2D eigenvalue weighted by molar-refractivity contribution is -0.154. The highest BCUT2D eigenvalue weighted by Crippen LogP contribution is 2.43. The Morgan fingerprint density at radius 1 is 0.589 bits per heavy atom. The van der Waals surface area contributed by atoms with E-state index in [0.717, 1.165) is 83.5 Å². The zero-order valence-electron chi connectivity index (χ0n) is 35.2. The Bertz CT molecular complexity index is 1120. The molecule has 0 aliphatic heterocycles. The summed E-state index contributed by atoms with van der Waals surface area (Å²) in [4.78, 5) is 33.5. The number of nitrogens with two attached hydrogens (primary N) is 1. The molecular weight excluding hydrogens is 729 g/mol. The van der Waals surface area contributed by atoms with E-state index >= 15 is 0 Å². The third-order valence-corrected chi connectivity index (χ3v) is 9.98. The molecule has 3 unspecified atom stereocenters. The standard InChI is InChI=1S/C45H80NO9P/c1-3-5-7-9-11-13-15-17-19-20-21-22-23-24-26-28-30-32-34-36-38-52-39-42(40-53-56(50,51)54-41-43(46)45(48)49)55-44(47)37-35-33-31-29-27-25-18-16-14-12-10-8-6-4-2/h5,7,11,13,16-19,21-22,42-43H,3-4,6,8-10,12,14-15,20,23-41,46H2,1-2H3,(H,48,49)(H,50,51)/b7-5-,13-11-,18-16-,19-17-,22-21-. The van der Waals surface area contributed by atoms with Crippen LogP contribution in [0.2, 0.25) is 0 Å². The second kappa shape index (κ2) is 40.9. The molecule has 0 amide bonds. The first-order valence-corrected chi connectivity index (χ1v) is 23.3. The second-order valence-corrected chi connectivity index (χ2v) is 15.9. The molecule has 4 N–H and O–H groups in total. The van der Waals surface area contributed by atoms with E-state index in [1.165, 1.54) is 64.2 Å². The molecule has 0 fully saturated rings. The number of hydrogen-bond donors (Lipinski definition) is 3. The molecule has 0 aromatic rings. The van der Waals surface area contributed by atoms with E-state index in [1.807, 2.05) is 0 Å². The van der Waals surface area contributed by atoms with Crippen LogP contribution in [0.4, 0.5) is 0 Å². The zero-order valence-corrected chi connectivity index (χ0v) is 36.1. The normalized spacial score (nSPS) is 14.5. The lowest BCUT2D eigenvalue weighted by Gasteiger charge is -2.20. The van der Waals surface area contributed by atoms with Crippen molar-refractivity contribution in [2.45, 2.75) is 187 Å². The summed E-state index contributed by atoms with van der Waals surface area (Å²) >= 11 is 0. The van der Waals surface area contributed by atoms with Gasteiger partial charge in [-0.15, -0.1) is 0 Å². The highest BCUT2D eigenvalue weighted by molar-refractivity contribution is 7.47. The SMILES string of the molecule is CC/C=C\C/C=C\C/C=C\C/C=C\CCCCCCCCCOCC(COP(=O)(O)OCC(N)C(=O)O)OC(=O)CCCCCCC/C=C\CCCCCCC. The van der Waals surface area contributed by atoms with E-state index in [2.05, 4.69) is 74.6 Å². The zero-order chi connectivity index (χ0) is 41.2. The van der Waals surface area contributed by atoms with Crippen LogP contribution in [-0.4, -0.2) is 60.5 Å². The maximum Gasteiger partial charge on any atom is 0.472 e. The van der Waals surface area contributed by atoms with Gasteiger partial charge in [-0.1, -0.05) is 152 Å². The van der Waals surface area contributed by atoms with Crippen LogP contribution in [0.15, 0.2) is 60.8 Å². The van der Waals surface area contributed by atoms with Crippen LogP contribution in [0.5, 0.6) is 0 Å².